The molecule has 0 aliphatic carbocycles. The van der Waals surface area contributed by atoms with Gasteiger partial charge in [0.1, 0.15) is 5.82 Å². The van der Waals surface area contributed by atoms with Gasteiger partial charge >= 0.3 is 0 Å². The molecule has 0 unspecified atom stereocenters. The molecule has 2 aromatic heterocycles. The minimum absolute atomic E-state index is 0.156. The van der Waals surface area contributed by atoms with Gasteiger partial charge in [0, 0.05) is 11.3 Å². The number of aromatic amines is 2. The van der Waals surface area contributed by atoms with Gasteiger partial charge < -0.3 is 11.1 Å². The number of hydrogen-bond donors (Lipinski definition) is 4. The smallest absolute Gasteiger partial charge is 0.272 e. The Morgan fingerprint density at radius 2 is 2.17 bits per heavy atom. The van der Waals surface area contributed by atoms with E-state index < -0.39 is 0 Å². The molecule has 96 valence electrons. The number of rotatable bonds is 4. The van der Waals surface area contributed by atoms with Crippen molar-refractivity contribution in [1.82, 2.24) is 30.7 Å². The molecule has 0 fully saturated rings. The van der Waals surface area contributed by atoms with Crippen LogP contribution in [0.4, 0.5) is 5.95 Å². The van der Waals surface area contributed by atoms with E-state index in [0.717, 1.165) is 17.7 Å². The van der Waals surface area contributed by atoms with E-state index in [2.05, 4.69) is 30.7 Å². The van der Waals surface area contributed by atoms with Gasteiger partial charge in [-0.3, -0.25) is 15.0 Å². The number of carbonyl (C=O) groups excluding carboxylic acids is 1. The Labute approximate surface area is 103 Å². The van der Waals surface area contributed by atoms with Gasteiger partial charge in [0.15, 0.2) is 5.69 Å². The molecule has 0 saturated heterocycles. The standard InChI is InChI=1S/C10H15N7O/c1-3-6-5(2)8(16-14-6)9(18)12-4-7-13-10(11)17-15-7/h3-4H2,1-2H3,(H,12,18)(H,14,16)(H3,11,13,15,17). The van der Waals surface area contributed by atoms with Gasteiger partial charge in [-0.1, -0.05) is 6.92 Å². The number of nitrogen functional groups attached to an aromatic ring is 1. The second kappa shape index (κ2) is 4.86. The highest BCUT2D eigenvalue weighted by molar-refractivity contribution is 5.93. The van der Waals surface area contributed by atoms with Crippen molar-refractivity contribution in [2.45, 2.75) is 26.8 Å². The summed E-state index contributed by atoms with van der Waals surface area (Å²) in [5, 5.41) is 15.8. The largest absolute Gasteiger partial charge is 0.367 e. The first kappa shape index (κ1) is 12.1. The van der Waals surface area contributed by atoms with Crippen molar-refractivity contribution in [1.29, 1.82) is 0 Å². The van der Waals surface area contributed by atoms with Gasteiger partial charge in [-0.25, -0.2) is 0 Å². The van der Waals surface area contributed by atoms with E-state index in [1.54, 1.807) is 0 Å². The lowest BCUT2D eigenvalue weighted by Gasteiger charge is -2.01. The van der Waals surface area contributed by atoms with Gasteiger partial charge in [0.2, 0.25) is 5.95 Å². The summed E-state index contributed by atoms with van der Waals surface area (Å²) in [7, 11) is 0. The monoisotopic (exact) mass is 249 g/mol. The average Bonchev–Trinajstić information content (AvgIpc) is 2.92. The molecule has 0 spiro atoms. The second-order valence-corrected chi connectivity index (χ2v) is 3.85. The van der Waals surface area contributed by atoms with Crippen LogP contribution in [0.1, 0.15) is 34.5 Å². The van der Waals surface area contributed by atoms with Crippen LogP contribution in [-0.4, -0.2) is 31.3 Å². The fourth-order valence-corrected chi connectivity index (χ4v) is 1.64. The third kappa shape index (κ3) is 2.31. The first-order valence-electron chi connectivity index (χ1n) is 5.60. The number of nitrogens with one attached hydrogen (secondary N) is 3. The fraction of sp³-hybridized carbons (Fsp3) is 0.400. The zero-order valence-electron chi connectivity index (χ0n) is 10.2. The van der Waals surface area contributed by atoms with Crippen molar-refractivity contribution in [3.8, 4) is 0 Å². The molecule has 8 nitrogen and oxygen atoms in total. The van der Waals surface area contributed by atoms with Crippen molar-refractivity contribution in [2.75, 3.05) is 5.73 Å². The first-order valence-corrected chi connectivity index (χ1v) is 5.60. The molecule has 0 atom stereocenters. The Kier molecular flexibility index (Phi) is 3.26. The van der Waals surface area contributed by atoms with E-state index in [1.165, 1.54) is 0 Å². The molecule has 2 rings (SSSR count). The topological polar surface area (TPSA) is 125 Å². The predicted octanol–water partition coefficient (Wildman–Crippen LogP) is -0.0892. The molecular formula is C10H15N7O. The van der Waals surface area contributed by atoms with Crippen molar-refractivity contribution in [3.63, 3.8) is 0 Å². The SMILES string of the molecule is CCc1[nH]nc(C(=O)NCc2nc(N)n[nH]2)c1C. The first-order chi connectivity index (χ1) is 8.61. The number of nitrogens with two attached hydrogens (primary N) is 1. The Morgan fingerprint density at radius 3 is 2.72 bits per heavy atom. The van der Waals surface area contributed by atoms with Gasteiger partial charge in [-0.15, -0.1) is 5.10 Å². The maximum Gasteiger partial charge on any atom is 0.272 e. The van der Waals surface area contributed by atoms with Crippen molar-refractivity contribution >= 4 is 11.9 Å². The molecule has 0 radical (unpaired) electrons. The quantitative estimate of drug-likeness (QED) is 0.602. The lowest BCUT2D eigenvalue weighted by Crippen LogP contribution is -2.24. The predicted molar refractivity (Wildman–Crippen MR) is 64.7 cm³/mol. The van der Waals surface area contributed by atoms with Crippen molar-refractivity contribution in [2.24, 2.45) is 0 Å². The van der Waals surface area contributed by atoms with E-state index in [1.807, 2.05) is 13.8 Å². The minimum atomic E-state index is -0.251. The minimum Gasteiger partial charge on any atom is -0.367 e. The lowest BCUT2D eigenvalue weighted by molar-refractivity contribution is 0.0944. The molecule has 0 aliphatic heterocycles. The summed E-state index contributed by atoms with van der Waals surface area (Å²) in [6.45, 7) is 4.10. The lowest BCUT2D eigenvalue weighted by atomic mass is 10.1. The Morgan fingerprint density at radius 1 is 1.39 bits per heavy atom. The summed E-state index contributed by atoms with van der Waals surface area (Å²) >= 11 is 0. The van der Waals surface area contributed by atoms with Crippen molar-refractivity contribution in [3.05, 3.63) is 22.8 Å². The van der Waals surface area contributed by atoms with Gasteiger partial charge in [0.25, 0.3) is 5.91 Å². The Balaban J connectivity index is 2.01. The molecule has 0 aromatic carbocycles. The molecule has 2 heterocycles. The molecule has 2 aromatic rings. The maximum absolute atomic E-state index is 11.9. The highest BCUT2D eigenvalue weighted by Crippen LogP contribution is 2.10. The molecule has 8 heteroatoms. The normalized spacial score (nSPS) is 10.6. The van der Waals surface area contributed by atoms with Crippen LogP contribution in [0.5, 0.6) is 0 Å². The van der Waals surface area contributed by atoms with Crippen LogP contribution >= 0.6 is 0 Å². The van der Waals surface area contributed by atoms with Gasteiger partial charge in [-0.2, -0.15) is 10.1 Å². The van der Waals surface area contributed by atoms with Crippen LogP contribution in [0.2, 0.25) is 0 Å². The zero-order chi connectivity index (χ0) is 13.1. The fourth-order valence-electron chi connectivity index (χ4n) is 1.64. The molecule has 0 aliphatic rings. The van der Waals surface area contributed by atoms with E-state index in [4.69, 9.17) is 5.73 Å². The van der Waals surface area contributed by atoms with E-state index in [-0.39, 0.29) is 18.4 Å². The summed E-state index contributed by atoms with van der Waals surface area (Å²) in [5.41, 5.74) is 7.59. The van der Waals surface area contributed by atoms with Crippen LogP contribution in [-0.2, 0) is 13.0 Å². The van der Waals surface area contributed by atoms with Gasteiger partial charge in [0.05, 0.1) is 6.54 Å². The number of hydrogen-bond acceptors (Lipinski definition) is 5. The number of aromatic nitrogens is 5. The number of aryl methyl sites for hydroxylation is 1. The summed E-state index contributed by atoms with van der Waals surface area (Å²) in [6.07, 6.45) is 0.810. The molecule has 18 heavy (non-hydrogen) atoms. The molecular weight excluding hydrogens is 234 g/mol. The van der Waals surface area contributed by atoms with Crippen LogP contribution in [0, 0.1) is 6.92 Å². The Hall–Kier alpha value is -2.38. The second-order valence-electron chi connectivity index (χ2n) is 3.85. The molecule has 5 N–H and O–H groups in total. The van der Waals surface area contributed by atoms with Crippen LogP contribution in [0.3, 0.4) is 0 Å². The summed E-state index contributed by atoms with van der Waals surface area (Å²) in [6, 6.07) is 0. The highest BCUT2D eigenvalue weighted by atomic mass is 16.1. The maximum atomic E-state index is 11.9. The molecule has 0 saturated carbocycles. The third-order valence-corrected chi connectivity index (χ3v) is 2.64. The highest BCUT2D eigenvalue weighted by Gasteiger charge is 2.15. The molecule has 0 bridgehead atoms. The molecule has 1 amide bonds. The van der Waals surface area contributed by atoms with Crippen LogP contribution in [0.25, 0.3) is 0 Å². The summed E-state index contributed by atoms with van der Waals surface area (Å²) < 4.78 is 0. The number of nitrogens with zero attached hydrogens (tertiary/aromatic N) is 3. The number of amides is 1. The number of H-pyrrole nitrogens is 2. The van der Waals surface area contributed by atoms with Crippen LogP contribution in [0.15, 0.2) is 0 Å². The summed E-state index contributed by atoms with van der Waals surface area (Å²) in [4.78, 5) is 15.8. The zero-order valence-corrected chi connectivity index (χ0v) is 10.2. The average molecular weight is 249 g/mol. The van der Waals surface area contributed by atoms with E-state index >= 15 is 0 Å². The van der Waals surface area contributed by atoms with Crippen LogP contribution < -0.4 is 11.1 Å². The number of carbonyl (C=O) groups is 1. The van der Waals surface area contributed by atoms with Crippen molar-refractivity contribution < 1.29 is 4.79 Å². The Bertz CT molecular complexity index is 556. The van der Waals surface area contributed by atoms with Gasteiger partial charge in [-0.05, 0) is 13.3 Å². The van der Waals surface area contributed by atoms with E-state index in [9.17, 15) is 4.79 Å². The summed E-state index contributed by atoms with van der Waals surface area (Å²) in [5.74, 6) is 0.409. The number of anilines is 1. The van der Waals surface area contributed by atoms with E-state index in [0.29, 0.717) is 11.5 Å². The third-order valence-electron chi connectivity index (χ3n) is 2.64.